The van der Waals surface area contributed by atoms with Gasteiger partial charge in [-0.3, -0.25) is 4.79 Å². The number of primary amides is 1. The smallest absolute Gasteiger partial charge is 0.229 e. The van der Waals surface area contributed by atoms with E-state index in [9.17, 15) is 18.0 Å². The summed E-state index contributed by atoms with van der Waals surface area (Å²) in [5.74, 6) is -4.77. The van der Waals surface area contributed by atoms with Crippen molar-refractivity contribution in [3.05, 3.63) is 65.0 Å². The van der Waals surface area contributed by atoms with Crippen molar-refractivity contribution in [1.29, 1.82) is 0 Å². The van der Waals surface area contributed by atoms with Gasteiger partial charge in [0.2, 0.25) is 5.91 Å². The number of hydrogen-bond acceptors (Lipinski definition) is 3. The van der Waals surface area contributed by atoms with E-state index in [1.807, 2.05) is 0 Å². The van der Waals surface area contributed by atoms with Crippen LogP contribution in [0.4, 0.5) is 18.9 Å². The number of carbonyl (C=O) groups excluding carboxylic acids is 1. The van der Waals surface area contributed by atoms with Gasteiger partial charge in [-0.2, -0.15) is 0 Å². The Balaban J connectivity index is 2.03. The van der Waals surface area contributed by atoms with Crippen molar-refractivity contribution in [3.8, 4) is 0 Å². The van der Waals surface area contributed by atoms with Gasteiger partial charge in [0.05, 0.1) is 19.1 Å². The van der Waals surface area contributed by atoms with Gasteiger partial charge in [-0.25, -0.2) is 13.2 Å². The van der Waals surface area contributed by atoms with Crippen LogP contribution in [0, 0.1) is 17.5 Å². The molecule has 1 saturated heterocycles. The number of morpholine rings is 1. The van der Waals surface area contributed by atoms with Crippen LogP contribution in [0.25, 0.3) is 0 Å². The first-order chi connectivity index (χ1) is 12.0. The van der Waals surface area contributed by atoms with Gasteiger partial charge in [0.1, 0.15) is 17.5 Å². The lowest BCUT2D eigenvalue weighted by molar-refractivity contribution is -0.118. The van der Waals surface area contributed by atoms with Crippen molar-refractivity contribution in [2.45, 2.75) is 5.92 Å². The van der Waals surface area contributed by atoms with Crippen molar-refractivity contribution < 1.29 is 22.7 Å². The zero-order valence-electron chi connectivity index (χ0n) is 13.3. The highest BCUT2D eigenvalue weighted by molar-refractivity contribution is 5.86. The molecule has 0 bridgehead atoms. The minimum atomic E-state index is -1.41. The molecule has 0 saturated carbocycles. The fraction of sp³-hybridized carbons (Fsp3) is 0.278. The van der Waals surface area contributed by atoms with E-state index in [4.69, 9.17) is 10.5 Å². The first-order valence-electron chi connectivity index (χ1n) is 7.84. The van der Waals surface area contributed by atoms with E-state index in [2.05, 4.69) is 0 Å². The standard InChI is InChI=1S/C18H17F3N2O2/c19-12-3-1-2-11(8-12)16(18(22)24)17-14(20)9-13(10-15(17)21)23-4-6-25-7-5-23/h1-3,8-10,16H,4-7H2,(H2,22,24). The molecule has 1 fully saturated rings. The third kappa shape index (κ3) is 3.61. The highest BCUT2D eigenvalue weighted by atomic mass is 19.1. The van der Waals surface area contributed by atoms with Gasteiger partial charge in [-0.15, -0.1) is 0 Å². The molecule has 0 spiro atoms. The number of rotatable bonds is 4. The Hall–Kier alpha value is -2.54. The van der Waals surface area contributed by atoms with Crippen LogP contribution in [-0.4, -0.2) is 32.2 Å². The molecule has 3 rings (SSSR count). The second kappa shape index (κ2) is 7.14. The van der Waals surface area contributed by atoms with Crippen LogP contribution in [0.2, 0.25) is 0 Å². The van der Waals surface area contributed by atoms with Crippen LogP contribution in [0.3, 0.4) is 0 Å². The number of anilines is 1. The van der Waals surface area contributed by atoms with Crippen molar-refractivity contribution in [3.63, 3.8) is 0 Å². The summed E-state index contributed by atoms with van der Waals surface area (Å²) in [7, 11) is 0. The molecule has 132 valence electrons. The molecular weight excluding hydrogens is 333 g/mol. The number of hydrogen-bond donors (Lipinski definition) is 1. The minimum absolute atomic E-state index is 0.101. The molecule has 7 heteroatoms. The molecule has 1 amide bonds. The number of nitrogens with two attached hydrogens (primary N) is 1. The summed E-state index contributed by atoms with van der Waals surface area (Å²) in [4.78, 5) is 13.6. The molecule has 0 aromatic heterocycles. The molecule has 4 nitrogen and oxygen atoms in total. The van der Waals surface area contributed by atoms with Crippen LogP contribution < -0.4 is 10.6 Å². The van der Waals surface area contributed by atoms with Crippen LogP contribution in [-0.2, 0) is 9.53 Å². The van der Waals surface area contributed by atoms with Crippen LogP contribution in [0.15, 0.2) is 36.4 Å². The molecule has 0 aliphatic carbocycles. The van der Waals surface area contributed by atoms with Gasteiger partial charge in [-0.05, 0) is 29.8 Å². The summed E-state index contributed by atoms with van der Waals surface area (Å²) in [6, 6.07) is 7.32. The molecule has 1 atom stereocenters. The molecule has 1 unspecified atom stereocenters. The lowest BCUT2D eigenvalue weighted by Crippen LogP contribution is -2.36. The Bertz CT molecular complexity index is 769. The Morgan fingerprint density at radius 2 is 1.72 bits per heavy atom. The van der Waals surface area contributed by atoms with Crippen molar-refractivity contribution >= 4 is 11.6 Å². The summed E-state index contributed by atoms with van der Waals surface area (Å²) >= 11 is 0. The van der Waals surface area contributed by atoms with Gasteiger partial charge >= 0.3 is 0 Å². The predicted molar refractivity (Wildman–Crippen MR) is 86.8 cm³/mol. The summed E-state index contributed by atoms with van der Waals surface area (Å²) in [6.45, 7) is 1.97. The van der Waals surface area contributed by atoms with E-state index < -0.39 is 34.8 Å². The topological polar surface area (TPSA) is 55.6 Å². The monoisotopic (exact) mass is 350 g/mol. The average molecular weight is 350 g/mol. The molecular formula is C18H17F3N2O2. The maximum Gasteiger partial charge on any atom is 0.229 e. The van der Waals surface area contributed by atoms with E-state index in [-0.39, 0.29) is 5.56 Å². The predicted octanol–water partition coefficient (Wildman–Crippen LogP) is 2.56. The third-order valence-corrected chi connectivity index (χ3v) is 4.20. The maximum atomic E-state index is 14.7. The lowest BCUT2D eigenvalue weighted by atomic mass is 9.89. The Morgan fingerprint density at radius 1 is 1.08 bits per heavy atom. The highest BCUT2D eigenvalue weighted by Gasteiger charge is 2.28. The van der Waals surface area contributed by atoms with Gasteiger partial charge in [0, 0.05) is 24.3 Å². The van der Waals surface area contributed by atoms with E-state index in [1.165, 1.54) is 30.3 Å². The van der Waals surface area contributed by atoms with E-state index >= 15 is 0 Å². The van der Waals surface area contributed by atoms with E-state index in [0.717, 1.165) is 6.07 Å². The summed E-state index contributed by atoms with van der Waals surface area (Å²) in [5.41, 5.74) is 5.34. The van der Waals surface area contributed by atoms with Gasteiger partial charge in [0.15, 0.2) is 0 Å². The fourth-order valence-electron chi connectivity index (χ4n) is 3.01. The summed E-state index contributed by atoms with van der Waals surface area (Å²) < 4.78 is 48.0. The zero-order chi connectivity index (χ0) is 18.0. The number of nitrogens with zero attached hydrogens (tertiary/aromatic N) is 1. The molecule has 2 aromatic rings. The molecule has 2 aromatic carbocycles. The highest BCUT2D eigenvalue weighted by Crippen LogP contribution is 2.32. The van der Waals surface area contributed by atoms with Crippen molar-refractivity contribution in [2.24, 2.45) is 5.73 Å². The number of ether oxygens (including phenoxy) is 1. The number of benzene rings is 2. The molecule has 2 N–H and O–H groups in total. The minimum Gasteiger partial charge on any atom is -0.378 e. The van der Waals surface area contributed by atoms with Gasteiger partial charge in [-0.1, -0.05) is 12.1 Å². The average Bonchev–Trinajstić information content (AvgIpc) is 2.58. The molecule has 1 heterocycles. The number of amides is 1. The number of halogens is 3. The largest absolute Gasteiger partial charge is 0.378 e. The van der Waals surface area contributed by atoms with Crippen LogP contribution in [0.5, 0.6) is 0 Å². The first kappa shape index (κ1) is 17.3. The number of carbonyl (C=O) groups is 1. The van der Waals surface area contributed by atoms with Gasteiger partial charge in [0.25, 0.3) is 0 Å². The molecule has 1 aliphatic rings. The second-order valence-electron chi connectivity index (χ2n) is 5.81. The van der Waals surface area contributed by atoms with Crippen molar-refractivity contribution in [2.75, 3.05) is 31.2 Å². The van der Waals surface area contributed by atoms with E-state index in [1.54, 1.807) is 4.90 Å². The zero-order valence-corrected chi connectivity index (χ0v) is 13.3. The Kier molecular flexibility index (Phi) is 4.94. The maximum absolute atomic E-state index is 14.7. The first-order valence-corrected chi connectivity index (χ1v) is 7.84. The summed E-state index contributed by atoms with van der Waals surface area (Å²) in [6.07, 6.45) is 0. The van der Waals surface area contributed by atoms with Crippen molar-refractivity contribution in [1.82, 2.24) is 0 Å². The van der Waals surface area contributed by atoms with Gasteiger partial charge < -0.3 is 15.4 Å². The fourth-order valence-corrected chi connectivity index (χ4v) is 3.01. The quantitative estimate of drug-likeness (QED) is 0.922. The SMILES string of the molecule is NC(=O)C(c1cccc(F)c1)c1c(F)cc(N2CCOCC2)cc1F. The summed E-state index contributed by atoms with van der Waals surface area (Å²) in [5, 5.41) is 0. The Morgan fingerprint density at radius 3 is 2.28 bits per heavy atom. The Labute approximate surface area is 143 Å². The van der Waals surface area contributed by atoms with Crippen LogP contribution >= 0.6 is 0 Å². The molecule has 25 heavy (non-hydrogen) atoms. The van der Waals surface area contributed by atoms with E-state index in [0.29, 0.717) is 32.0 Å². The molecule has 1 aliphatic heterocycles. The molecule has 0 radical (unpaired) electrons. The lowest BCUT2D eigenvalue weighted by Gasteiger charge is -2.29. The normalized spacial score (nSPS) is 15.9. The van der Waals surface area contributed by atoms with Crippen LogP contribution in [0.1, 0.15) is 17.0 Å². The second-order valence-corrected chi connectivity index (χ2v) is 5.81. The third-order valence-electron chi connectivity index (χ3n) is 4.20.